The Hall–Kier alpha value is -1.93. The summed E-state index contributed by atoms with van der Waals surface area (Å²) in [6, 6.07) is 0. The van der Waals surface area contributed by atoms with Gasteiger partial charge in [-0.1, -0.05) is 0 Å². The second-order valence-corrected chi connectivity index (χ2v) is 7.90. The molecule has 0 fully saturated rings. The predicted molar refractivity (Wildman–Crippen MR) is 109 cm³/mol. The number of hydrogen-bond acceptors (Lipinski definition) is 5. The van der Waals surface area contributed by atoms with Gasteiger partial charge >= 0.3 is 5.97 Å². The minimum Gasteiger partial charge on any atom is -0.462 e. The van der Waals surface area contributed by atoms with E-state index in [-0.39, 0.29) is 5.97 Å². The highest BCUT2D eigenvalue weighted by atomic mass is 32.1. The van der Waals surface area contributed by atoms with Crippen LogP contribution in [-0.2, 0) is 24.6 Å². The normalized spacial score (nSPS) is 13.2. The number of fused-ring (bicyclic) bond motifs is 1. The first-order chi connectivity index (χ1) is 12.4. The Kier molecular flexibility index (Phi) is 5.62. The highest BCUT2D eigenvalue weighted by Crippen LogP contribution is 2.38. The number of esters is 1. The van der Waals surface area contributed by atoms with Crippen molar-refractivity contribution < 1.29 is 9.53 Å². The molecule has 0 aliphatic heterocycles. The first kappa shape index (κ1) is 18.8. The summed E-state index contributed by atoms with van der Waals surface area (Å²) in [5.41, 5.74) is 4.55. The van der Waals surface area contributed by atoms with Crippen LogP contribution in [0, 0.1) is 13.8 Å². The molecule has 0 atom stereocenters. The fourth-order valence-corrected chi connectivity index (χ4v) is 4.83. The summed E-state index contributed by atoms with van der Waals surface area (Å²) in [4.78, 5) is 13.8. The maximum Gasteiger partial charge on any atom is 0.341 e. The standard InChI is InChI=1S/C18H24N4O2S2/c1-5-24-17(23)14-12-8-6-7-9-13(12)26-16(14)20-18(25)19-15-10(2)21-22(4)11(15)3/h5-9H2,1-4H3,(H2,19,20,25). The van der Waals surface area contributed by atoms with E-state index >= 15 is 0 Å². The van der Waals surface area contributed by atoms with Crippen molar-refractivity contribution in [2.45, 2.75) is 46.5 Å². The second-order valence-electron chi connectivity index (χ2n) is 6.38. The molecule has 1 aliphatic rings. The molecule has 0 radical (unpaired) electrons. The van der Waals surface area contributed by atoms with Crippen molar-refractivity contribution in [3.63, 3.8) is 0 Å². The molecule has 0 aromatic carbocycles. The van der Waals surface area contributed by atoms with Crippen molar-refractivity contribution in [2.75, 3.05) is 17.2 Å². The molecule has 140 valence electrons. The lowest BCUT2D eigenvalue weighted by Gasteiger charge is -2.13. The zero-order valence-electron chi connectivity index (χ0n) is 15.6. The Morgan fingerprint density at radius 3 is 2.69 bits per heavy atom. The van der Waals surface area contributed by atoms with Gasteiger partial charge in [0.05, 0.1) is 29.2 Å². The van der Waals surface area contributed by atoms with Crippen molar-refractivity contribution in [3.8, 4) is 0 Å². The van der Waals surface area contributed by atoms with Crippen LogP contribution >= 0.6 is 23.6 Å². The number of nitrogens with zero attached hydrogens (tertiary/aromatic N) is 2. The maximum atomic E-state index is 12.5. The number of aryl methyl sites for hydroxylation is 3. The van der Waals surface area contributed by atoms with Gasteiger partial charge in [0.1, 0.15) is 5.00 Å². The third-order valence-corrected chi connectivity index (χ3v) is 6.04. The van der Waals surface area contributed by atoms with Crippen LogP contribution < -0.4 is 10.6 Å². The SMILES string of the molecule is CCOC(=O)c1c(NC(=S)Nc2c(C)nn(C)c2C)sc2c1CCCC2. The average molecular weight is 393 g/mol. The first-order valence-corrected chi connectivity index (χ1v) is 10.0. The quantitative estimate of drug-likeness (QED) is 0.606. The van der Waals surface area contributed by atoms with E-state index in [1.165, 1.54) is 4.88 Å². The van der Waals surface area contributed by atoms with Gasteiger partial charge in [0.25, 0.3) is 0 Å². The molecule has 3 rings (SSSR count). The third-order valence-electron chi connectivity index (χ3n) is 4.63. The molecule has 2 heterocycles. The van der Waals surface area contributed by atoms with Crippen molar-refractivity contribution in [1.29, 1.82) is 0 Å². The molecule has 2 aromatic heterocycles. The lowest BCUT2D eigenvalue weighted by molar-refractivity contribution is 0.0526. The Morgan fingerprint density at radius 2 is 2.04 bits per heavy atom. The van der Waals surface area contributed by atoms with Crippen LogP contribution in [0.5, 0.6) is 0 Å². The number of carbonyl (C=O) groups is 1. The number of ether oxygens (including phenoxy) is 1. The molecule has 0 unspecified atom stereocenters. The van der Waals surface area contributed by atoms with Gasteiger partial charge in [-0.3, -0.25) is 4.68 Å². The number of thiocarbonyl (C=S) groups is 1. The summed E-state index contributed by atoms with van der Waals surface area (Å²) in [7, 11) is 1.90. The summed E-state index contributed by atoms with van der Waals surface area (Å²) >= 11 is 7.10. The van der Waals surface area contributed by atoms with E-state index in [1.807, 2.05) is 32.5 Å². The lowest BCUT2D eigenvalue weighted by atomic mass is 9.95. The molecule has 6 nitrogen and oxygen atoms in total. The molecular weight excluding hydrogens is 368 g/mol. The third kappa shape index (κ3) is 3.61. The van der Waals surface area contributed by atoms with Crippen LogP contribution in [-0.4, -0.2) is 27.5 Å². The van der Waals surface area contributed by atoms with E-state index in [4.69, 9.17) is 17.0 Å². The van der Waals surface area contributed by atoms with Crippen LogP contribution in [0.25, 0.3) is 0 Å². The minimum atomic E-state index is -0.272. The van der Waals surface area contributed by atoms with E-state index in [0.717, 1.165) is 53.3 Å². The van der Waals surface area contributed by atoms with E-state index in [2.05, 4.69) is 15.7 Å². The molecule has 0 saturated carbocycles. The summed E-state index contributed by atoms with van der Waals surface area (Å²) in [5, 5.41) is 12.0. The molecule has 8 heteroatoms. The van der Waals surface area contributed by atoms with Gasteiger partial charge in [-0.2, -0.15) is 5.10 Å². The molecule has 2 aromatic rings. The molecule has 0 saturated heterocycles. The second kappa shape index (κ2) is 7.75. The molecule has 1 aliphatic carbocycles. The molecular formula is C18H24N4O2S2. The largest absolute Gasteiger partial charge is 0.462 e. The zero-order valence-corrected chi connectivity index (χ0v) is 17.2. The number of anilines is 2. The molecule has 0 amide bonds. The van der Waals surface area contributed by atoms with Gasteiger partial charge < -0.3 is 15.4 Å². The lowest BCUT2D eigenvalue weighted by Crippen LogP contribution is -2.21. The Balaban J connectivity index is 1.85. The van der Waals surface area contributed by atoms with Crippen molar-refractivity contribution in [1.82, 2.24) is 9.78 Å². The highest BCUT2D eigenvalue weighted by Gasteiger charge is 2.27. The van der Waals surface area contributed by atoms with Crippen LogP contribution in [0.1, 0.15) is 52.0 Å². The highest BCUT2D eigenvalue weighted by molar-refractivity contribution is 7.80. The molecule has 2 N–H and O–H groups in total. The van der Waals surface area contributed by atoms with Crippen molar-refractivity contribution >= 4 is 45.3 Å². The maximum absolute atomic E-state index is 12.5. The van der Waals surface area contributed by atoms with Gasteiger partial charge in [0.2, 0.25) is 0 Å². The van der Waals surface area contributed by atoms with Gasteiger partial charge in [0, 0.05) is 11.9 Å². The van der Waals surface area contributed by atoms with Gasteiger partial charge in [-0.15, -0.1) is 11.3 Å². The van der Waals surface area contributed by atoms with Crippen LogP contribution in [0.2, 0.25) is 0 Å². The first-order valence-electron chi connectivity index (χ1n) is 8.82. The Labute approximate surface area is 162 Å². The van der Waals surface area contributed by atoms with E-state index in [1.54, 1.807) is 11.3 Å². The van der Waals surface area contributed by atoms with E-state index in [9.17, 15) is 4.79 Å². The monoisotopic (exact) mass is 392 g/mol. The van der Waals surface area contributed by atoms with E-state index in [0.29, 0.717) is 17.3 Å². The molecule has 0 bridgehead atoms. The summed E-state index contributed by atoms with van der Waals surface area (Å²) in [5.74, 6) is -0.272. The van der Waals surface area contributed by atoms with Crippen LogP contribution in [0.15, 0.2) is 0 Å². The predicted octanol–water partition coefficient (Wildman–Crippen LogP) is 3.96. The smallest absolute Gasteiger partial charge is 0.341 e. The number of aromatic nitrogens is 2. The molecule has 0 spiro atoms. The van der Waals surface area contributed by atoms with Crippen molar-refractivity contribution in [3.05, 3.63) is 27.4 Å². The number of rotatable bonds is 4. The summed E-state index contributed by atoms with van der Waals surface area (Å²) in [6.07, 6.45) is 4.19. The molecule has 26 heavy (non-hydrogen) atoms. The topological polar surface area (TPSA) is 68.2 Å². The number of thiophene rings is 1. The minimum absolute atomic E-state index is 0.272. The Bertz CT molecular complexity index is 854. The van der Waals surface area contributed by atoms with Crippen molar-refractivity contribution in [2.24, 2.45) is 7.05 Å². The number of nitrogens with one attached hydrogen (secondary N) is 2. The number of carbonyl (C=O) groups excluding carboxylic acids is 1. The Morgan fingerprint density at radius 1 is 1.31 bits per heavy atom. The fourth-order valence-electron chi connectivity index (χ4n) is 3.28. The van der Waals surface area contributed by atoms with E-state index < -0.39 is 0 Å². The zero-order chi connectivity index (χ0) is 18.8. The van der Waals surface area contributed by atoms with Crippen LogP contribution in [0.3, 0.4) is 0 Å². The average Bonchev–Trinajstić information content (AvgIpc) is 3.07. The fraction of sp³-hybridized carbons (Fsp3) is 0.500. The summed E-state index contributed by atoms with van der Waals surface area (Å²) in [6.45, 7) is 6.11. The number of hydrogen-bond donors (Lipinski definition) is 2. The van der Waals surface area contributed by atoms with Gasteiger partial charge in [0.15, 0.2) is 5.11 Å². The van der Waals surface area contributed by atoms with Crippen LogP contribution in [0.4, 0.5) is 10.7 Å². The van der Waals surface area contributed by atoms with Gasteiger partial charge in [-0.05, 0) is 64.2 Å². The van der Waals surface area contributed by atoms with Gasteiger partial charge in [-0.25, -0.2) is 4.79 Å². The summed E-state index contributed by atoms with van der Waals surface area (Å²) < 4.78 is 7.10.